The lowest BCUT2D eigenvalue weighted by atomic mass is 10.3. The molecule has 0 saturated carbocycles. The number of carbonyl (C=O) groups excluding carboxylic acids is 1. The van der Waals surface area contributed by atoms with Crippen molar-refractivity contribution >= 4 is 17.5 Å². The molecule has 1 aromatic rings. The summed E-state index contributed by atoms with van der Waals surface area (Å²) in [5.41, 5.74) is 4.83. The number of halogens is 1. The van der Waals surface area contributed by atoms with Gasteiger partial charge in [0.05, 0.1) is 0 Å². The van der Waals surface area contributed by atoms with Crippen molar-refractivity contribution in [2.24, 2.45) is 5.73 Å². The minimum atomic E-state index is -1.29. The molecule has 1 aromatic carbocycles. The van der Waals surface area contributed by atoms with Crippen molar-refractivity contribution in [3.63, 3.8) is 0 Å². The third-order valence-corrected chi connectivity index (χ3v) is 1.80. The highest BCUT2D eigenvalue weighted by Gasteiger charge is 2.10. The summed E-state index contributed by atoms with van der Waals surface area (Å²) in [7, 11) is 0. The minimum absolute atomic E-state index is 0.156. The molecule has 0 bridgehead atoms. The smallest absolute Gasteiger partial charge is 0.249 e. The van der Waals surface area contributed by atoms with Gasteiger partial charge in [0.1, 0.15) is 12.4 Å². The van der Waals surface area contributed by atoms with Gasteiger partial charge in [0, 0.05) is 5.02 Å². The Hall–Kier alpha value is -1.26. The molecule has 0 saturated heterocycles. The number of aliphatic hydroxyl groups excluding tert-OH is 1. The van der Waals surface area contributed by atoms with Crippen LogP contribution in [0.4, 0.5) is 0 Å². The molecule has 5 heteroatoms. The molecule has 0 aromatic heterocycles. The Balaban J connectivity index is 2.46. The second-order valence-corrected chi connectivity index (χ2v) is 3.12. The van der Waals surface area contributed by atoms with Gasteiger partial charge in [-0.3, -0.25) is 4.79 Å². The predicted molar refractivity (Wildman–Crippen MR) is 52.1 cm³/mol. The van der Waals surface area contributed by atoms with E-state index in [9.17, 15) is 4.79 Å². The van der Waals surface area contributed by atoms with Gasteiger partial charge < -0.3 is 15.6 Å². The molecule has 1 atom stereocenters. The number of aliphatic hydroxyl groups is 1. The van der Waals surface area contributed by atoms with Gasteiger partial charge in [0.25, 0.3) is 0 Å². The van der Waals surface area contributed by atoms with Crippen LogP contribution in [-0.2, 0) is 4.79 Å². The zero-order chi connectivity index (χ0) is 10.6. The number of amides is 1. The predicted octanol–water partition coefficient (Wildman–Crippen LogP) is 0.565. The van der Waals surface area contributed by atoms with Crippen LogP contribution in [0.3, 0.4) is 0 Å². The van der Waals surface area contributed by atoms with E-state index in [-0.39, 0.29) is 6.61 Å². The molecule has 0 fully saturated rings. The largest absolute Gasteiger partial charge is 0.490 e. The lowest BCUT2D eigenvalue weighted by Crippen LogP contribution is -2.33. The number of primary amides is 1. The van der Waals surface area contributed by atoms with E-state index < -0.39 is 12.0 Å². The summed E-state index contributed by atoms with van der Waals surface area (Å²) in [6.07, 6.45) is -1.29. The molecule has 0 heterocycles. The van der Waals surface area contributed by atoms with Gasteiger partial charge in [0.2, 0.25) is 5.91 Å². The molecule has 0 spiro atoms. The summed E-state index contributed by atoms with van der Waals surface area (Å²) >= 11 is 5.65. The lowest BCUT2D eigenvalue weighted by Gasteiger charge is -2.08. The monoisotopic (exact) mass is 215 g/mol. The van der Waals surface area contributed by atoms with E-state index in [4.69, 9.17) is 27.2 Å². The van der Waals surface area contributed by atoms with Gasteiger partial charge in [0.15, 0.2) is 6.10 Å². The fourth-order valence-corrected chi connectivity index (χ4v) is 0.914. The highest BCUT2D eigenvalue weighted by atomic mass is 35.5. The Bertz CT molecular complexity index is 312. The van der Waals surface area contributed by atoms with Crippen LogP contribution >= 0.6 is 11.6 Å². The summed E-state index contributed by atoms with van der Waals surface area (Å²) in [6.45, 7) is -0.156. The first-order chi connectivity index (χ1) is 6.59. The molecule has 1 unspecified atom stereocenters. The minimum Gasteiger partial charge on any atom is -0.490 e. The van der Waals surface area contributed by atoms with Crippen LogP contribution < -0.4 is 10.5 Å². The maximum absolute atomic E-state index is 10.4. The number of hydrogen-bond acceptors (Lipinski definition) is 3. The van der Waals surface area contributed by atoms with Gasteiger partial charge in [-0.15, -0.1) is 0 Å². The van der Waals surface area contributed by atoms with Crippen LogP contribution in [0.5, 0.6) is 5.75 Å². The Kier molecular flexibility index (Phi) is 3.73. The van der Waals surface area contributed by atoms with Gasteiger partial charge >= 0.3 is 0 Å². The van der Waals surface area contributed by atoms with Gasteiger partial charge in [-0.2, -0.15) is 0 Å². The van der Waals surface area contributed by atoms with Crippen LogP contribution in [0.1, 0.15) is 0 Å². The third-order valence-electron chi connectivity index (χ3n) is 1.55. The molecular formula is C9H10ClNO3. The Morgan fingerprint density at radius 3 is 2.57 bits per heavy atom. The van der Waals surface area contributed by atoms with Gasteiger partial charge in [-0.1, -0.05) is 11.6 Å². The number of rotatable bonds is 4. The van der Waals surface area contributed by atoms with Crippen LogP contribution in [0.25, 0.3) is 0 Å². The quantitative estimate of drug-likeness (QED) is 0.771. The highest BCUT2D eigenvalue weighted by Crippen LogP contribution is 2.15. The molecule has 3 N–H and O–H groups in total. The Morgan fingerprint density at radius 2 is 2.07 bits per heavy atom. The molecule has 1 rings (SSSR count). The van der Waals surface area contributed by atoms with Crippen molar-refractivity contribution in [2.45, 2.75) is 6.10 Å². The number of hydrogen-bond donors (Lipinski definition) is 2. The van der Waals surface area contributed by atoms with Crippen LogP contribution in [0.15, 0.2) is 24.3 Å². The standard InChI is InChI=1S/C9H10ClNO3/c10-6-1-3-7(4-2-6)14-5-8(12)9(11)13/h1-4,8,12H,5H2,(H2,11,13). The summed E-state index contributed by atoms with van der Waals surface area (Å²) in [5.74, 6) is -0.284. The second kappa shape index (κ2) is 4.83. The number of ether oxygens (including phenoxy) is 1. The van der Waals surface area contributed by atoms with E-state index in [1.165, 1.54) is 0 Å². The number of carbonyl (C=O) groups is 1. The van der Waals surface area contributed by atoms with Crippen molar-refractivity contribution in [1.82, 2.24) is 0 Å². The molecule has 14 heavy (non-hydrogen) atoms. The van der Waals surface area contributed by atoms with E-state index in [0.29, 0.717) is 10.8 Å². The molecule has 0 aliphatic carbocycles. The van der Waals surface area contributed by atoms with Crippen molar-refractivity contribution in [3.8, 4) is 5.75 Å². The Labute approximate surface area is 86.2 Å². The maximum atomic E-state index is 10.4. The molecule has 0 aliphatic heterocycles. The maximum Gasteiger partial charge on any atom is 0.249 e. The average Bonchev–Trinajstić information content (AvgIpc) is 2.16. The first-order valence-corrected chi connectivity index (χ1v) is 4.33. The van der Waals surface area contributed by atoms with Gasteiger partial charge in [-0.25, -0.2) is 0 Å². The number of benzene rings is 1. The topological polar surface area (TPSA) is 72.6 Å². The third kappa shape index (κ3) is 3.24. The summed E-state index contributed by atoms with van der Waals surface area (Å²) in [5, 5.41) is 9.61. The molecule has 4 nitrogen and oxygen atoms in total. The SMILES string of the molecule is NC(=O)C(O)COc1ccc(Cl)cc1. The summed E-state index contributed by atoms with van der Waals surface area (Å²) in [6, 6.07) is 6.56. The van der Waals surface area contributed by atoms with E-state index >= 15 is 0 Å². The lowest BCUT2D eigenvalue weighted by molar-refractivity contribution is -0.127. The van der Waals surface area contributed by atoms with Crippen molar-refractivity contribution in [2.75, 3.05) is 6.61 Å². The molecule has 0 aliphatic rings. The zero-order valence-corrected chi connectivity index (χ0v) is 8.07. The fourth-order valence-electron chi connectivity index (χ4n) is 0.788. The van der Waals surface area contributed by atoms with E-state index in [1.807, 2.05) is 0 Å². The van der Waals surface area contributed by atoms with Crippen molar-refractivity contribution < 1.29 is 14.6 Å². The first-order valence-electron chi connectivity index (χ1n) is 3.95. The van der Waals surface area contributed by atoms with E-state index in [0.717, 1.165) is 0 Å². The molecule has 1 amide bonds. The van der Waals surface area contributed by atoms with Gasteiger partial charge in [-0.05, 0) is 24.3 Å². The van der Waals surface area contributed by atoms with Crippen LogP contribution in [0, 0.1) is 0 Å². The van der Waals surface area contributed by atoms with E-state index in [2.05, 4.69) is 0 Å². The summed E-state index contributed by atoms with van der Waals surface area (Å²) in [4.78, 5) is 10.4. The fraction of sp³-hybridized carbons (Fsp3) is 0.222. The normalized spacial score (nSPS) is 12.1. The second-order valence-electron chi connectivity index (χ2n) is 2.68. The molecular weight excluding hydrogens is 206 g/mol. The van der Waals surface area contributed by atoms with Crippen molar-refractivity contribution in [3.05, 3.63) is 29.3 Å². The Morgan fingerprint density at radius 1 is 1.50 bits per heavy atom. The zero-order valence-electron chi connectivity index (χ0n) is 7.31. The van der Waals surface area contributed by atoms with E-state index in [1.54, 1.807) is 24.3 Å². The van der Waals surface area contributed by atoms with Crippen LogP contribution in [-0.4, -0.2) is 23.7 Å². The van der Waals surface area contributed by atoms with Crippen LogP contribution in [0.2, 0.25) is 5.02 Å². The highest BCUT2D eigenvalue weighted by molar-refractivity contribution is 6.30. The molecule has 76 valence electrons. The number of nitrogens with two attached hydrogens (primary N) is 1. The average molecular weight is 216 g/mol. The molecule has 0 radical (unpaired) electrons. The first kappa shape index (κ1) is 10.8. The summed E-state index contributed by atoms with van der Waals surface area (Å²) < 4.78 is 5.07. The van der Waals surface area contributed by atoms with Crippen molar-refractivity contribution in [1.29, 1.82) is 0 Å².